The number of amides is 1. The average Bonchev–Trinajstić information content (AvgIpc) is 3.67. The molecular formula is C31H22N4O4S. The van der Waals surface area contributed by atoms with Gasteiger partial charge in [-0.05, 0) is 65.1 Å². The first-order chi connectivity index (χ1) is 19.4. The number of hydrogen-bond acceptors (Lipinski definition) is 6. The van der Waals surface area contributed by atoms with Gasteiger partial charge in [-0.15, -0.1) is 0 Å². The zero-order valence-corrected chi connectivity index (χ0v) is 22.1. The predicted octanol–water partition coefficient (Wildman–Crippen LogP) is 6.03. The lowest BCUT2D eigenvalue weighted by Gasteiger charge is -2.16. The van der Waals surface area contributed by atoms with E-state index in [-0.39, 0.29) is 16.9 Å². The normalized spacial score (nSPS) is 11.9. The quantitative estimate of drug-likeness (QED) is 0.236. The Balaban J connectivity index is 1.41. The number of hydrogen-bond donors (Lipinski definition) is 2. The molecular weight excluding hydrogens is 524 g/mol. The Bertz CT molecular complexity index is 1910. The van der Waals surface area contributed by atoms with Crippen LogP contribution in [0.25, 0.3) is 27.5 Å². The minimum absolute atomic E-state index is 0.163. The highest BCUT2D eigenvalue weighted by molar-refractivity contribution is 7.03. The number of carboxylic acid groups (broad SMARTS) is 1. The molecule has 0 spiro atoms. The second-order valence-electron chi connectivity index (χ2n) is 9.39. The molecule has 2 N–H and O–H groups in total. The molecule has 1 atom stereocenters. The van der Waals surface area contributed by atoms with E-state index in [0.29, 0.717) is 27.9 Å². The molecule has 40 heavy (non-hydrogen) atoms. The molecule has 6 rings (SSSR count). The third-order valence-corrected chi connectivity index (χ3v) is 7.41. The number of benzene rings is 3. The first kappa shape index (κ1) is 25.1. The van der Waals surface area contributed by atoms with Crippen molar-refractivity contribution in [3.8, 4) is 11.3 Å². The van der Waals surface area contributed by atoms with Crippen LogP contribution in [0, 0.1) is 0 Å². The van der Waals surface area contributed by atoms with Crippen LogP contribution in [0.1, 0.15) is 55.2 Å². The lowest BCUT2D eigenvalue weighted by atomic mass is 9.98. The van der Waals surface area contributed by atoms with E-state index in [2.05, 4.69) is 14.8 Å². The number of pyridine rings is 1. The number of fused-ring (bicyclic) bond motifs is 2. The molecule has 1 amide bonds. The standard InChI is InChI=1S/C31H22N4O4S/c1-18(19-6-9-21(10-7-19)31(38)39)33-30(37)25-15-24(27-12-13-40-34-27)17-35-28(25)26(16-32-35)29(36)23-11-8-20-4-2-3-5-22(20)14-23/h2-18H,1H3,(H,33,37)(H,38,39)/t18-/m0/s1. The highest BCUT2D eigenvalue weighted by atomic mass is 32.1. The van der Waals surface area contributed by atoms with Gasteiger partial charge in [0.1, 0.15) is 0 Å². The van der Waals surface area contributed by atoms with E-state index in [4.69, 9.17) is 0 Å². The second-order valence-corrected chi connectivity index (χ2v) is 10.1. The Morgan fingerprint density at radius 3 is 2.38 bits per heavy atom. The highest BCUT2D eigenvalue weighted by Gasteiger charge is 2.24. The number of nitrogens with one attached hydrogen (secondary N) is 1. The van der Waals surface area contributed by atoms with E-state index in [9.17, 15) is 19.5 Å². The van der Waals surface area contributed by atoms with Gasteiger partial charge >= 0.3 is 5.97 Å². The number of ketones is 1. The Morgan fingerprint density at radius 2 is 1.65 bits per heavy atom. The number of carboxylic acids is 1. The summed E-state index contributed by atoms with van der Waals surface area (Å²) < 4.78 is 5.94. The average molecular weight is 547 g/mol. The van der Waals surface area contributed by atoms with E-state index in [0.717, 1.165) is 16.3 Å². The largest absolute Gasteiger partial charge is 0.478 e. The van der Waals surface area contributed by atoms with Crippen molar-refractivity contribution in [3.05, 3.63) is 124 Å². The van der Waals surface area contributed by atoms with Gasteiger partial charge in [-0.25, -0.2) is 9.31 Å². The monoisotopic (exact) mass is 546 g/mol. The first-order valence-corrected chi connectivity index (χ1v) is 13.3. The summed E-state index contributed by atoms with van der Waals surface area (Å²) in [5.41, 5.74) is 3.76. The van der Waals surface area contributed by atoms with Gasteiger partial charge in [0.05, 0.1) is 40.1 Å². The molecule has 3 aromatic heterocycles. The molecule has 0 saturated carbocycles. The Morgan fingerprint density at radius 1 is 0.900 bits per heavy atom. The maximum Gasteiger partial charge on any atom is 0.335 e. The third kappa shape index (κ3) is 4.63. The van der Waals surface area contributed by atoms with Crippen LogP contribution in [0.15, 0.2) is 96.6 Å². The minimum atomic E-state index is -1.02. The van der Waals surface area contributed by atoms with Crippen LogP contribution in [0.2, 0.25) is 0 Å². The number of carbonyl (C=O) groups excluding carboxylic acids is 2. The fourth-order valence-corrected chi connectivity index (χ4v) is 5.25. The Labute approximate surface area is 232 Å². The minimum Gasteiger partial charge on any atom is -0.478 e. The van der Waals surface area contributed by atoms with Crippen molar-refractivity contribution in [3.63, 3.8) is 0 Å². The van der Waals surface area contributed by atoms with Gasteiger partial charge in [0.2, 0.25) is 0 Å². The van der Waals surface area contributed by atoms with Gasteiger partial charge in [-0.2, -0.15) is 9.47 Å². The molecule has 0 radical (unpaired) electrons. The predicted molar refractivity (Wildman–Crippen MR) is 153 cm³/mol. The van der Waals surface area contributed by atoms with Gasteiger partial charge in [-0.3, -0.25) is 9.59 Å². The van der Waals surface area contributed by atoms with Crippen molar-refractivity contribution in [1.29, 1.82) is 0 Å². The van der Waals surface area contributed by atoms with Crippen LogP contribution in [0.4, 0.5) is 0 Å². The molecule has 6 aromatic rings. The topological polar surface area (TPSA) is 114 Å². The van der Waals surface area contributed by atoms with Gasteiger partial charge in [0.25, 0.3) is 5.91 Å². The second kappa shape index (κ2) is 10.2. The lowest BCUT2D eigenvalue weighted by Crippen LogP contribution is -2.27. The molecule has 0 aliphatic carbocycles. The van der Waals surface area contributed by atoms with Crippen molar-refractivity contribution in [2.75, 3.05) is 0 Å². The van der Waals surface area contributed by atoms with E-state index < -0.39 is 17.9 Å². The van der Waals surface area contributed by atoms with E-state index >= 15 is 0 Å². The van der Waals surface area contributed by atoms with Crippen molar-refractivity contribution >= 4 is 45.5 Å². The maximum atomic E-state index is 13.7. The summed E-state index contributed by atoms with van der Waals surface area (Å²) in [7, 11) is 0. The number of carbonyl (C=O) groups is 3. The summed E-state index contributed by atoms with van der Waals surface area (Å²) >= 11 is 1.30. The molecule has 0 saturated heterocycles. The van der Waals surface area contributed by atoms with Crippen LogP contribution >= 0.6 is 11.5 Å². The number of rotatable bonds is 7. The molecule has 0 bridgehead atoms. The SMILES string of the molecule is C[C@H](NC(=O)c1cc(-c2ccsn2)cn2ncc(C(=O)c3ccc4ccccc4c3)c12)c1ccc(C(=O)O)cc1. The van der Waals surface area contributed by atoms with Gasteiger partial charge in [0, 0.05) is 22.7 Å². The number of aromatic nitrogens is 3. The molecule has 0 fully saturated rings. The van der Waals surface area contributed by atoms with Crippen LogP contribution in [0.5, 0.6) is 0 Å². The smallest absolute Gasteiger partial charge is 0.335 e. The molecule has 8 nitrogen and oxygen atoms in total. The summed E-state index contributed by atoms with van der Waals surface area (Å²) in [6.45, 7) is 1.81. The van der Waals surface area contributed by atoms with Crippen molar-refractivity contribution in [2.24, 2.45) is 0 Å². The van der Waals surface area contributed by atoms with Crippen molar-refractivity contribution in [1.82, 2.24) is 19.3 Å². The summed E-state index contributed by atoms with van der Waals surface area (Å²) in [4.78, 5) is 38.7. The fourth-order valence-electron chi connectivity index (χ4n) is 4.72. The zero-order chi connectivity index (χ0) is 27.8. The molecule has 196 valence electrons. The summed E-state index contributed by atoms with van der Waals surface area (Å²) in [6.07, 6.45) is 3.24. The van der Waals surface area contributed by atoms with E-state index in [1.165, 1.54) is 29.9 Å². The number of nitrogens with zero attached hydrogens (tertiary/aromatic N) is 3. The molecule has 0 aliphatic heterocycles. The summed E-state index contributed by atoms with van der Waals surface area (Å²) in [5, 5.41) is 20.4. The zero-order valence-electron chi connectivity index (χ0n) is 21.2. The molecule has 3 heterocycles. The van der Waals surface area contributed by atoms with E-state index in [1.807, 2.05) is 54.8 Å². The third-order valence-electron chi connectivity index (χ3n) is 6.85. The molecule has 9 heteroatoms. The maximum absolute atomic E-state index is 13.7. The highest BCUT2D eigenvalue weighted by Crippen LogP contribution is 2.28. The first-order valence-electron chi connectivity index (χ1n) is 12.5. The van der Waals surface area contributed by atoms with Gasteiger partial charge < -0.3 is 10.4 Å². The Kier molecular flexibility index (Phi) is 6.41. The van der Waals surface area contributed by atoms with Crippen LogP contribution in [0.3, 0.4) is 0 Å². The van der Waals surface area contributed by atoms with Crippen LogP contribution in [-0.4, -0.2) is 36.8 Å². The van der Waals surface area contributed by atoms with Crippen LogP contribution in [-0.2, 0) is 0 Å². The van der Waals surface area contributed by atoms with E-state index in [1.54, 1.807) is 35.0 Å². The molecule has 3 aromatic carbocycles. The number of aromatic carboxylic acids is 1. The van der Waals surface area contributed by atoms with Crippen molar-refractivity contribution < 1.29 is 19.5 Å². The molecule has 0 aliphatic rings. The van der Waals surface area contributed by atoms with Gasteiger partial charge in [0.15, 0.2) is 5.78 Å². The van der Waals surface area contributed by atoms with Crippen molar-refractivity contribution in [2.45, 2.75) is 13.0 Å². The molecule has 0 unspecified atom stereocenters. The lowest BCUT2D eigenvalue weighted by molar-refractivity contribution is 0.0696. The summed E-state index contributed by atoms with van der Waals surface area (Å²) in [6, 6.07) is 22.8. The summed E-state index contributed by atoms with van der Waals surface area (Å²) in [5.74, 6) is -1.66. The van der Waals surface area contributed by atoms with Crippen LogP contribution < -0.4 is 5.32 Å². The van der Waals surface area contributed by atoms with Gasteiger partial charge in [-0.1, -0.05) is 48.5 Å². The fraction of sp³-hybridized carbons (Fsp3) is 0.0645. The Hall–Kier alpha value is -5.15.